The van der Waals surface area contributed by atoms with Crippen LogP contribution in [0, 0.1) is 17.1 Å². The lowest BCUT2D eigenvalue weighted by atomic mass is 9.76. The minimum absolute atomic E-state index is 0.0117. The van der Waals surface area contributed by atoms with E-state index in [0.29, 0.717) is 41.9 Å². The van der Waals surface area contributed by atoms with Crippen LogP contribution in [0.2, 0.25) is 5.02 Å². The highest BCUT2D eigenvalue weighted by atomic mass is 35.5. The third kappa shape index (κ3) is 3.22. The van der Waals surface area contributed by atoms with Crippen molar-refractivity contribution in [3.05, 3.63) is 100 Å². The predicted molar refractivity (Wildman–Crippen MR) is 120 cm³/mol. The SMILES string of the molecule is N#CC1=C(n2cccc2)N(c2ccc(F)c(Cl)c2)C2=C(C(=O)CCC2)[C@@H]1c1cccnc1. The number of carbonyl (C=O) groups is 1. The molecule has 1 atom stereocenters. The Morgan fingerprint density at radius 2 is 1.97 bits per heavy atom. The standard InChI is InChI=1S/C25H18ClFN4O/c26-19-13-17(8-9-20(19)27)31-21-6-3-7-22(32)24(21)23(16-5-4-10-29-15-16)18(14-28)25(31)30-11-1-2-12-30/h1-2,4-5,8-13,15,23H,3,6-7H2/t23-/m1/s1. The fraction of sp³-hybridized carbons (Fsp3) is 0.160. The Morgan fingerprint density at radius 1 is 1.16 bits per heavy atom. The van der Waals surface area contributed by atoms with Crippen LogP contribution in [0.25, 0.3) is 5.82 Å². The maximum atomic E-state index is 14.0. The lowest BCUT2D eigenvalue weighted by Crippen LogP contribution is -2.36. The number of pyridine rings is 1. The van der Waals surface area contributed by atoms with Gasteiger partial charge in [-0.25, -0.2) is 4.39 Å². The minimum Gasteiger partial charge on any atom is -0.309 e. The van der Waals surface area contributed by atoms with Crippen molar-refractivity contribution >= 4 is 28.9 Å². The summed E-state index contributed by atoms with van der Waals surface area (Å²) in [6.07, 6.45) is 8.83. The number of aromatic nitrogens is 2. The summed E-state index contributed by atoms with van der Waals surface area (Å²) in [6.45, 7) is 0. The molecule has 2 aliphatic rings. The second kappa shape index (κ2) is 8.10. The summed E-state index contributed by atoms with van der Waals surface area (Å²) < 4.78 is 15.8. The van der Waals surface area contributed by atoms with E-state index in [1.54, 1.807) is 24.5 Å². The summed E-state index contributed by atoms with van der Waals surface area (Å²) in [5.41, 5.74) is 3.20. The van der Waals surface area contributed by atoms with Gasteiger partial charge in [-0.05, 0) is 54.8 Å². The van der Waals surface area contributed by atoms with Crippen molar-refractivity contribution < 1.29 is 9.18 Å². The molecule has 3 aromatic rings. The third-order valence-corrected chi connectivity index (χ3v) is 6.17. The molecule has 0 fully saturated rings. The molecule has 7 heteroatoms. The number of allylic oxidation sites excluding steroid dienone is 3. The molecule has 1 aromatic carbocycles. The molecule has 2 aromatic heterocycles. The van der Waals surface area contributed by atoms with E-state index < -0.39 is 11.7 Å². The van der Waals surface area contributed by atoms with Gasteiger partial charge in [0.2, 0.25) is 0 Å². The van der Waals surface area contributed by atoms with Crippen LogP contribution in [0.3, 0.4) is 0 Å². The molecule has 158 valence electrons. The second-order valence-electron chi connectivity index (χ2n) is 7.73. The smallest absolute Gasteiger partial charge is 0.161 e. The molecule has 1 aliphatic heterocycles. The van der Waals surface area contributed by atoms with E-state index in [-0.39, 0.29) is 10.8 Å². The van der Waals surface area contributed by atoms with Crippen molar-refractivity contribution in [2.24, 2.45) is 0 Å². The largest absolute Gasteiger partial charge is 0.309 e. The molecule has 0 spiro atoms. The van der Waals surface area contributed by atoms with Crippen molar-refractivity contribution in [3.63, 3.8) is 0 Å². The quantitative estimate of drug-likeness (QED) is 0.521. The Hall–Kier alpha value is -3.69. The van der Waals surface area contributed by atoms with Gasteiger partial charge in [0.1, 0.15) is 11.6 Å². The Labute approximate surface area is 189 Å². The number of nitriles is 1. The highest BCUT2D eigenvalue weighted by Gasteiger charge is 2.41. The summed E-state index contributed by atoms with van der Waals surface area (Å²) in [7, 11) is 0. The molecule has 5 nitrogen and oxygen atoms in total. The van der Waals surface area contributed by atoms with Gasteiger partial charge < -0.3 is 4.57 Å². The van der Waals surface area contributed by atoms with E-state index in [9.17, 15) is 14.4 Å². The van der Waals surface area contributed by atoms with Gasteiger partial charge in [0.25, 0.3) is 0 Å². The molecule has 0 bridgehead atoms. The topological polar surface area (TPSA) is 61.9 Å². The van der Waals surface area contributed by atoms with Gasteiger partial charge in [0, 0.05) is 48.2 Å². The fourth-order valence-corrected chi connectivity index (χ4v) is 4.73. The van der Waals surface area contributed by atoms with E-state index in [1.807, 2.05) is 40.1 Å². The van der Waals surface area contributed by atoms with Gasteiger partial charge >= 0.3 is 0 Å². The highest BCUT2D eigenvalue weighted by Crippen LogP contribution is 2.48. The van der Waals surface area contributed by atoms with Crippen LogP contribution >= 0.6 is 11.6 Å². The summed E-state index contributed by atoms with van der Waals surface area (Å²) in [6, 6.07) is 14.2. The Kier molecular flexibility index (Phi) is 5.12. The van der Waals surface area contributed by atoms with Crippen LogP contribution in [0.5, 0.6) is 0 Å². The first-order chi connectivity index (χ1) is 15.6. The monoisotopic (exact) mass is 444 g/mol. The number of Topliss-reactive ketones (excluding diaryl/α,β-unsaturated/α-hetero) is 1. The van der Waals surface area contributed by atoms with Crippen molar-refractivity contribution in [3.8, 4) is 6.07 Å². The Balaban J connectivity index is 1.85. The van der Waals surface area contributed by atoms with Crippen molar-refractivity contribution in [1.29, 1.82) is 5.26 Å². The predicted octanol–water partition coefficient (Wildman–Crippen LogP) is 5.68. The Morgan fingerprint density at radius 3 is 2.66 bits per heavy atom. The third-order valence-electron chi connectivity index (χ3n) is 5.88. The lowest BCUT2D eigenvalue weighted by molar-refractivity contribution is -0.116. The molecule has 0 saturated carbocycles. The second-order valence-corrected chi connectivity index (χ2v) is 8.14. The number of hydrogen-bond donors (Lipinski definition) is 0. The number of carbonyl (C=O) groups excluding carboxylic acids is 1. The molecule has 0 radical (unpaired) electrons. The van der Waals surface area contributed by atoms with E-state index in [2.05, 4.69) is 11.1 Å². The lowest BCUT2D eigenvalue weighted by Gasteiger charge is -2.41. The fourth-order valence-electron chi connectivity index (χ4n) is 4.56. The minimum atomic E-state index is -0.527. The first-order valence-corrected chi connectivity index (χ1v) is 10.7. The van der Waals surface area contributed by atoms with Gasteiger partial charge in [0.05, 0.1) is 22.6 Å². The van der Waals surface area contributed by atoms with E-state index in [1.165, 1.54) is 12.1 Å². The zero-order valence-corrected chi connectivity index (χ0v) is 17.8. The first-order valence-electron chi connectivity index (χ1n) is 10.3. The van der Waals surface area contributed by atoms with Gasteiger partial charge in [-0.15, -0.1) is 0 Å². The molecule has 5 rings (SSSR count). The number of rotatable bonds is 3. The number of benzene rings is 1. The number of hydrogen-bond acceptors (Lipinski definition) is 4. The maximum absolute atomic E-state index is 14.0. The van der Waals surface area contributed by atoms with Crippen LogP contribution in [-0.4, -0.2) is 15.3 Å². The molecular formula is C25H18ClFN4O. The van der Waals surface area contributed by atoms with Crippen molar-refractivity contribution in [1.82, 2.24) is 9.55 Å². The highest BCUT2D eigenvalue weighted by molar-refractivity contribution is 6.31. The normalized spacial score (nSPS) is 18.6. The molecule has 0 amide bonds. The molecule has 1 aliphatic carbocycles. The van der Waals surface area contributed by atoms with Crippen LogP contribution in [0.15, 0.2) is 84.1 Å². The molecule has 0 N–H and O–H groups in total. The average molecular weight is 445 g/mol. The molecule has 3 heterocycles. The van der Waals surface area contributed by atoms with E-state index >= 15 is 0 Å². The molecule has 32 heavy (non-hydrogen) atoms. The van der Waals surface area contributed by atoms with Crippen molar-refractivity contribution in [2.75, 3.05) is 4.90 Å². The van der Waals surface area contributed by atoms with Crippen LogP contribution in [-0.2, 0) is 4.79 Å². The first kappa shape index (κ1) is 20.2. The van der Waals surface area contributed by atoms with Gasteiger partial charge in [-0.2, -0.15) is 5.26 Å². The summed E-state index contributed by atoms with van der Waals surface area (Å²) in [4.78, 5) is 19.3. The van der Waals surface area contributed by atoms with Crippen LogP contribution < -0.4 is 4.90 Å². The zero-order chi connectivity index (χ0) is 22.2. The van der Waals surface area contributed by atoms with Gasteiger partial charge in [0.15, 0.2) is 5.78 Å². The maximum Gasteiger partial charge on any atom is 0.161 e. The summed E-state index contributed by atoms with van der Waals surface area (Å²) in [5.74, 6) is -0.442. The summed E-state index contributed by atoms with van der Waals surface area (Å²) >= 11 is 6.12. The molecule has 0 unspecified atom stereocenters. The molecular weight excluding hydrogens is 427 g/mol. The molecule has 0 saturated heterocycles. The van der Waals surface area contributed by atoms with Gasteiger partial charge in [-0.3, -0.25) is 14.7 Å². The number of anilines is 1. The van der Waals surface area contributed by atoms with Crippen LogP contribution in [0.1, 0.15) is 30.7 Å². The van der Waals surface area contributed by atoms with Crippen LogP contribution in [0.4, 0.5) is 10.1 Å². The Bertz CT molecular complexity index is 1310. The van der Waals surface area contributed by atoms with Crippen molar-refractivity contribution in [2.45, 2.75) is 25.2 Å². The number of halogens is 2. The van der Waals surface area contributed by atoms with Gasteiger partial charge in [-0.1, -0.05) is 17.7 Å². The summed E-state index contributed by atoms with van der Waals surface area (Å²) in [5, 5.41) is 10.3. The van der Waals surface area contributed by atoms with E-state index in [4.69, 9.17) is 11.6 Å². The zero-order valence-electron chi connectivity index (χ0n) is 17.0. The van der Waals surface area contributed by atoms with E-state index in [0.717, 1.165) is 11.3 Å². The number of ketones is 1. The average Bonchev–Trinajstić information content (AvgIpc) is 3.35. The number of nitrogens with zero attached hydrogens (tertiary/aromatic N) is 4.